The van der Waals surface area contributed by atoms with Crippen LogP contribution in [-0.4, -0.2) is 43.9 Å². The number of aryl methyl sites for hydroxylation is 1. The van der Waals surface area contributed by atoms with E-state index in [0.717, 1.165) is 12.0 Å². The molecule has 1 heterocycles. The summed E-state index contributed by atoms with van der Waals surface area (Å²) in [6.45, 7) is 4.05. The van der Waals surface area contributed by atoms with Crippen LogP contribution >= 0.6 is 0 Å². The van der Waals surface area contributed by atoms with Crippen molar-refractivity contribution >= 4 is 23.3 Å². The average Bonchev–Trinajstić information content (AvgIpc) is 2.72. The summed E-state index contributed by atoms with van der Waals surface area (Å²) in [5.41, 5.74) is 1.83. The zero-order valence-electron chi connectivity index (χ0n) is 16.6. The van der Waals surface area contributed by atoms with Crippen LogP contribution in [0.25, 0.3) is 0 Å². The van der Waals surface area contributed by atoms with Gasteiger partial charge in [-0.15, -0.1) is 0 Å². The SMILES string of the molecule is CCCNC(=O)CN1C(=O)COc2ccc(C(=O)COc3cccc(C)c3)cc21. The first-order valence-electron chi connectivity index (χ1n) is 9.54. The predicted octanol–water partition coefficient (Wildman–Crippen LogP) is 2.51. The molecule has 0 unspecified atom stereocenters. The molecule has 0 atom stereocenters. The second-order valence-corrected chi connectivity index (χ2v) is 6.83. The van der Waals surface area contributed by atoms with Gasteiger partial charge in [0.25, 0.3) is 5.91 Å². The molecule has 0 fully saturated rings. The summed E-state index contributed by atoms with van der Waals surface area (Å²) in [6, 6.07) is 12.3. The van der Waals surface area contributed by atoms with E-state index >= 15 is 0 Å². The Balaban J connectivity index is 1.74. The fourth-order valence-corrected chi connectivity index (χ4v) is 2.95. The monoisotopic (exact) mass is 396 g/mol. The molecule has 0 saturated carbocycles. The van der Waals surface area contributed by atoms with Crippen molar-refractivity contribution in [1.82, 2.24) is 5.32 Å². The fraction of sp³-hybridized carbons (Fsp3) is 0.318. The number of anilines is 1. The van der Waals surface area contributed by atoms with Gasteiger partial charge in [0.2, 0.25) is 5.91 Å². The molecule has 29 heavy (non-hydrogen) atoms. The van der Waals surface area contributed by atoms with Crippen LogP contribution in [0, 0.1) is 6.92 Å². The number of ketones is 1. The largest absolute Gasteiger partial charge is 0.485 e. The summed E-state index contributed by atoms with van der Waals surface area (Å²) in [4.78, 5) is 38.3. The maximum Gasteiger partial charge on any atom is 0.265 e. The van der Waals surface area contributed by atoms with E-state index in [1.165, 1.54) is 4.90 Å². The topological polar surface area (TPSA) is 84.9 Å². The molecule has 1 aliphatic heterocycles. The number of carbonyl (C=O) groups excluding carboxylic acids is 3. The normalized spacial score (nSPS) is 12.8. The molecule has 0 saturated heterocycles. The summed E-state index contributed by atoms with van der Waals surface area (Å²) in [6.07, 6.45) is 0.805. The van der Waals surface area contributed by atoms with Crippen LogP contribution in [0.1, 0.15) is 29.3 Å². The van der Waals surface area contributed by atoms with Crippen LogP contribution < -0.4 is 19.7 Å². The van der Waals surface area contributed by atoms with Crippen LogP contribution in [0.3, 0.4) is 0 Å². The van der Waals surface area contributed by atoms with Gasteiger partial charge in [0.05, 0.1) is 5.69 Å². The molecule has 7 nitrogen and oxygen atoms in total. The highest BCUT2D eigenvalue weighted by Crippen LogP contribution is 2.33. The maximum atomic E-state index is 12.6. The van der Waals surface area contributed by atoms with Gasteiger partial charge in [-0.05, 0) is 49.2 Å². The second kappa shape index (κ2) is 9.23. The fourth-order valence-electron chi connectivity index (χ4n) is 2.95. The van der Waals surface area contributed by atoms with E-state index in [1.807, 2.05) is 32.0 Å². The van der Waals surface area contributed by atoms with Gasteiger partial charge in [-0.1, -0.05) is 19.1 Å². The van der Waals surface area contributed by atoms with Crippen molar-refractivity contribution in [1.29, 1.82) is 0 Å². The lowest BCUT2D eigenvalue weighted by molar-refractivity contribution is -0.125. The minimum absolute atomic E-state index is 0.118. The number of amides is 2. The van der Waals surface area contributed by atoms with E-state index in [4.69, 9.17) is 9.47 Å². The number of ether oxygens (including phenoxy) is 2. The predicted molar refractivity (Wildman–Crippen MR) is 109 cm³/mol. The molecular formula is C22H24N2O5. The Morgan fingerprint density at radius 1 is 1.21 bits per heavy atom. The Morgan fingerprint density at radius 2 is 2.03 bits per heavy atom. The van der Waals surface area contributed by atoms with Gasteiger partial charge in [-0.25, -0.2) is 0 Å². The standard InChI is InChI=1S/C22H24N2O5/c1-3-9-23-21(26)12-24-18-11-16(7-8-20(18)29-14-22(24)27)19(25)13-28-17-6-4-5-15(2)10-17/h4-8,10-11H,3,9,12-14H2,1-2H3,(H,23,26). The highest BCUT2D eigenvalue weighted by molar-refractivity contribution is 6.04. The molecule has 0 radical (unpaired) electrons. The van der Waals surface area contributed by atoms with Crippen molar-refractivity contribution in [2.75, 3.05) is 31.2 Å². The van der Waals surface area contributed by atoms with E-state index in [9.17, 15) is 14.4 Å². The summed E-state index contributed by atoms with van der Waals surface area (Å²) in [7, 11) is 0. The van der Waals surface area contributed by atoms with Crippen molar-refractivity contribution < 1.29 is 23.9 Å². The van der Waals surface area contributed by atoms with Crippen LogP contribution in [0.15, 0.2) is 42.5 Å². The number of carbonyl (C=O) groups is 3. The van der Waals surface area contributed by atoms with E-state index in [-0.39, 0.29) is 37.4 Å². The number of hydrogen-bond acceptors (Lipinski definition) is 5. The number of benzene rings is 2. The van der Waals surface area contributed by atoms with Crippen molar-refractivity contribution in [3.8, 4) is 11.5 Å². The third-order valence-electron chi connectivity index (χ3n) is 4.46. The first-order chi connectivity index (χ1) is 14.0. The van der Waals surface area contributed by atoms with E-state index in [1.54, 1.807) is 24.3 Å². The van der Waals surface area contributed by atoms with Gasteiger partial charge >= 0.3 is 0 Å². The molecule has 1 aliphatic rings. The smallest absolute Gasteiger partial charge is 0.265 e. The number of nitrogens with one attached hydrogen (secondary N) is 1. The van der Waals surface area contributed by atoms with E-state index < -0.39 is 0 Å². The Hall–Kier alpha value is -3.35. The number of hydrogen-bond donors (Lipinski definition) is 1. The van der Waals surface area contributed by atoms with E-state index in [0.29, 0.717) is 29.3 Å². The van der Waals surface area contributed by atoms with Crippen molar-refractivity contribution in [3.63, 3.8) is 0 Å². The van der Waals surface area contributed by atoms with Gasteiger partial charge in [-0.3, -0.25) is 19.3 Å². The molecule has 7 heteroatoms. The molecule has 3 rings (SSSR count). The number of rotatable bonds is 8. The Kier molecular flexibility index (Phi) is 6.49. The zero-order valence-corrected chi connectivity index (χ0v) is 16.6. The lowest BCUT2D eigenvalue weighted by Crippen LogP contribution is -2.45. The summed E-state index contributed by atoms with van der Waals surface area (Å²) >= 11 is 0. The first kappa shape index (κ1) is 20.4. The van der Waals surface area contributed by atoms with Crippen LogP contribution in [0.2, 0.25) is 0 Å². The maximum absolute atomic E-state index is 12.6. The van der Waals surface area contributed by atoms with Crippen LogP contribution in [-0.2, 0) is 9.59 Å². The minimum Gasteiger partial charge on any atom is -0.485 e. The number of Topliss-reactive ketones (excluding diaryl/α,β-unsaturated/α-hetero) is 1. The molecule has 152 valence electrons. The van der Waals surface area contributed by atoms with Gasteiger partial charge in [0, 0.05) is 12.1 Å². The molecule has 1 N–H and O–H groups in total. The minimum atomic E-state index is -0.329. The molecular weight excluding hydrogens is 372 g/mol. The summed E-state index contributed by atoms with van der Waals surface area (Å²) in [5.74, 6) is 0.258. The Bertz CT molecular complexity index is 925. The number of nitrogens with zero attached hydrogens (tertiary/aromatic N) is 1. The van der Waals surface area contributed by atoms with Crippen molar-refractivity contribution in [2.24, 2.45) is 0 Å². The molecule has 2 aromatic carbocycles. The Labute approximate surface area is 169 Å². The van der Waals surface area contributed by atoms with Crippen molar-refractivity contribution in [3.05, 3.63) is 53.6 Å². The summed E-state index contributed by atoms with van der Waals surface area (Å²) in [5, 5.41) is 2.75. The van der Waals surface area contributed by atoms with Gasteiger partial charge in [-0.2, -0.15) is 0 Å². The summed E-state index contributed by atoms with van der Waals surface area (Å²) < 4.78 is 11.0. The molecule has 0 bridgehead atoms. The Morgan fingerprint density at radius 3 is 2.79 bits per heavy atom. The molecule has 0 spiro atoms. The zero-order chi connectivity index (χ0) is 20.8. The third-order valence-corrected chi connectivity index (χ3v) is 4.46. The molecule has 2 amide bonds. The highest BCUT2D eigenvalue weighted by Gasteiger charge is 2.28. The highest BCUT2D eigenvalue weighted by atomic mass is 16.5. The lowest BCUT2D eigenvalue weighted by atomic mass is 10.1. The van der Waals surface area contributed by atoms with Crippen LogP contribution in [0.5, 0.6) is 11.5 Å². The van der Waals surface area contributed by atoms with Gasteiger partial charge in [0.1, 0.15) is 18.0 Å². The van der Waals surface area contributed by atoms with Crippen LogP contribution in [0.4, 0.5) is 5.69 Å². The molecule has 0 aliphatic carbocycles. The quantitative estimate of drug-likeness (QED) is 0.693. The van der Waals surface area contributed by atoms with Crippen molar-refractivity contribution in [2.45, 2.75) is 20.3 Å². The lowest BCUT2D eigenvalue weighted by Gasteiger charge is -2.29. The third kappa shape index (κ3) is 5.13. The second-order valence-electron chi connectivity index (χ2n) is 6.83. The first-order valence-corrected chi connectivity index (χ1v) is 9.54. The van der Waals surface area contributed by atoms with Gasteiger partial charge < -0.3 is 14.8 Å². The van der Waals surface area contributed by atoms with E-state index in [2.05, 4.69) is 5.32 Å². The average molecular weight is 396 g/mol. The van der Waals surface area contributed by atoms with Gasteiger partial charge in [0.15, 0.2) is 19.0 Å². The number of fused-ring (bicyclic) bond motifs is 1. The molecule has 0 aromatic heterocycles. The molecule has 2 aromatic rings.